The summed E-state index contributed by atoms with van der Waals surface area (Å²) >= 11 is 0. The van der Waals surface area contributed by atoms with E-state index in [0.29, 0.717) is 0 Å². The van der Waals surface area contributed by atoms with E-state index in [1.165, 1.54) is 11.1 Å². The van der Waals surface area contributed by atoms with Gasteiger partial charge in [0.25, 0.3) is 0 Å². The molecule has 0 unspecified atom stereocenters. The highest BCUT2D eigenvalue weighted by molar-refractivity contribution is 5.79. The minimum atomic E-state index is 0.762. The summed E-state index contributed by atoms with van der Waals surface area (Å²) < 4.78 is 0. The first-order valence-corrected chi connectivity index (χ1v) is 5.90. The molecule has 0 spiro atoms. The number of aromatic nitrogens is 3. The molecule has 0 saturated carbocycles. The summed E-state index contributed by atoms with van der Waals surface area (Å²) in [5.41, 5.74) is 3.57. The number of H-pyrrole nitrogens is 1. The second kappa shape index (κ2) is 4.49. The van der Waals surface area contributed by atoms with Gasteiger partial charge in [0.05, 0.1) is 11.7 Å². The Morgan fingerprint density at radius 3 is 3.06 bits per heavy atom. The smallest absolute Gasteiger partial charge is 0.126 e. The van der Waals surface area contributed by atoms with E-state index in [1.807, 2.05) is 24.4 Å². The number of aryl methyl sites for hydroxylation is 1. The molecule has 2 aromatic heterocycles. The number of hydrogen-bond acceptors (Lipinski definition) is 3. The van der Waals surface area contributed by atoms with Crippen LogP contribution in [0.15, 0.2) is 42.7 Å². The standard InChI is InChI=1S/C14H14N4/c1-10-6-12-9-17-18-13(12)7-11(10)8-16-14-4-2-3-5-15-14/h2-7,9H,8H2,1H3,(H,15,16)(H,17,18). The third kappa shape index (κ3) is 2.05. The highest BCUT2D eigenvalue weighted by Crippen LogP contribution is 2.18. The van der Waals surface area contributed by atoms with Gasteiger partial charge < -0.3 is 5.32 Å². The predicted molar refractivity (Wildman–Crippen MR) is 72.4 cm³/mol. The van der Waals surface area contributed by atoms with Crippen molar-refractivity contribution in [2.75, 3.05) is 5.32 Å². The molecule has 2 heterocycles. The lowest BCUT2D eigenvalue weighted by molar-refractivity contribution is 1.09. The number of aromatic amines is 1. The van der Waals surface area contributed by atoms with Crippen molar-refractivity contribution < 1.29 is 0 Å². The molecule has 0 amide bonds. The first-order valence-electron chi connectivity index (χ1n) is 5.90. The second-order valence-corrected chi connectivity index (χ2v) is 4.30. The Balaban J connectivity index is 1.84. The van der Waals surface area contributed by atoms with Gasteiger partial charge in [-0.25, -0.2) is 4.98 Å². The molecule has 1 aromatic carbocycles. The van der Waals surface area contributed by atoms with Gasteiger partial charge in [-0.2, -0.15) is 5.10 Å². The van der Waals surface area contributed by atoms with Gasteiger partial charge in [-0.15, -0.1) is 0 Å². The highest BCUT2D eigenvalue weighted by Gasteiger charge is 2.03. The Hall–Kier alpha value is -2.36. The van der Waals surface area contributed by atoms with E-state index in [1.54, 1.807) is 6.20 Å². The zero-order valence-electron chi connectivity index (χ0n) is 10.1. The van der Waals surface area contributed by atoms with E-state index in [2.05, 4.69) is 39.6 Å². The first kappa shape index (κ1) is 10.8. The van der Waals surface area contributed by atoms with Crippen LogP contribution in [-0.4, -0.2) is 15.2 Å². The average Bonchev–Trinajstić information content (AvgIpc) is 2.84. The van der Waals surface area contributed by atoms with Crippen molar-refractivity contribution >= 4 is 16.7 Å². The number of anilines is 1. The van der Waals surface area contributed by atoms with Gasteiger partial charge in [-0.05, 0) is 42.3 Å². The Kier molecular flexibility index (Phi) is 2.68. The van der Waals surface area contributed by atoms with Crippen LogP contribution in [0.5, 0.6) is 0 Å². The van der Waals surface area contributed by atoms with E-state index < -0.39 is 0 Å². The number of nitrogens with zero attached hydrogens (tertiary/aromatic N) is 2. The van der Waals surface area contributed by atoms with Crippen molar-refractivity contribution in [3.05, 3.63) is 53.9 Å². The third-order valence-electron chi connectivity index (χ3n) is 3.02. The monoisotopic (exact) mass is 238 g/mol. The largest absolute Gasteiger partial charge is 0.366 e. The summed E-state index contributed by atoms with van der Waals surface area (Å²) in [6, 6.07) is 10.1. The van der Waals surface area contributed by atoms with Crippen LogP contribution >= 0.6 is 0 Å². The van der Waals surface area contributed by atoms with Crippen molar-refractivity contribution in [2.24, 2.45) is 0 Å². The van der Waals surface area contributed by atoms with Crippen LogP contribution in [0.25, 0.3) is 10.9 Å². The molecule has 0 fully saturated rings. The van der Waals surface area contributed by atoms with E-state index in [9.17, 15) is 0 Å². The van der Waals surface area contributed by atoms with Gasteiger partial charge in [0.1, 0.15) is 5.82 Å². The van der Waals surface area contributed by atoms with Crippen molar-refractivity contribution in [2.45, 2.75) is 13.5 Å². The number of fused-ring (bicyclic) bond motifs is 1. The average molecular weight is 238 g/mol. The summed E-state index contributed by atoms with van der Waals surface area (Å²) in [5, 5.41) is 11.5. The van der Waals surface area contributed by atoms with Crippen molar-refractivity contribution in [1.82, 2.24) is 15.2 Å². The van der Waals surface area contributed by atoms with Crippen molar-refractivity contribution in [3.8, 4) is 0 Å². The van der Waals surface area contributed by atoms with Crippen LogP contribution in [0.2, 0.25) is 0 Å². The number of nitrogens with one attached hydrogen (secondary N) is 2. The molecule has 4 heteroatoms. The molecule has 3 aromatic rings. The molecule has 0 bridgehead atoms. The quantitative estimate of drug-likeness (QED) is 0.737. The summed E-state index contributed by atoms with van der Waals surface area (Å²) in [5.74, 6) is 0.890. The molecule has 0 atom stereocenters. The van der Waals surface area contributed by atoms with E-state index >= 15 is 0 Å². The molecule has 90 valence electrons. The zero-order valence-corrected chi connectivity index (χ0v) is 10.1. The van der Waals surface area contributed by atoms with Gasteiger partial charge in [0, 0.05) is 18.1 Å². The fraction of sp³-hybridized carbons (Fsp3) is 0.143. The van der Waals surface area contributed by atoms with Gasteiger partial charge >= 0.3 is 0 Å². The van der Waals surface area contributed by atoms with Crippen LogP contribution in [0.1, 0.15) is 11.1 Å². The minimum absolute atomic E-state index is 0.762. The van der Waals surface area contributed by atoms with Gasteiger partial charge in [-0.1, -0.05) is 6.07 Å². The van der Waals surface area contributed by atoms with Crippen LogP contribution in [0.4, 0.5) is 5.82 Å². The van der Waals surface area contributed by atoms with Gasteiger partial charge in [0.15, 0.2) is 0 Å². The van der Waals surface area contributed by atoms with Crippen LogP contribution in [0, 0.1) is 6.92 Å². The molecule has 0 aliphatic carbocycles. The molecule has 3 rings (SSSR count). The Bertz CT molecular complexity index is 658. The number of hydrogen-bond donors (Lipinski definition) is 2. The minimum Gasteiger partial charge on any atom is -0.366 e. The first-order chi connectivity index (χ1) is 8.83. The normalized spacial score (nSPS) is 10.7. The molecule has 0 saturated heterocycles. The van der Waals surface area contributed by atoms with Crippen LogP contribution in [-0.2, 0) is 6.54 Å². The topological polar surface area (TPSA) is 53.6 Å². The summed E-state index contributed by atoms with van der Waals surface area (Å²) in [4.78, 5) is 4.24. The molecular weight excluding hydrogens is 224 g/mol. The fourth-order valence-electron chi connectivity index (χ4n) is 1.99. The van der Waals surface area contributed by atoms with E-state index in [0.717, 1.165) is 23.3 Å². The summed E-state index contributed by atoms with van der Waals surface area (Å²) in [7, 11) is 0. The Morgan fingerprint density at radius 1 is 1.28 bits per heavy atom. The maximum atomic E-state index is 4.24. The Labute approximate surface area is 105 Å². The lowest BCUT2D eigenvalue weighted by atomic mass is 10.1. The lowest BCUT2D eigenvalue weighted by Crippen LogP contribution is -2.02. The molecule has 0 aliphatic heterocycles. The fourth-order valence-corrected chi connectivity index (χ4v) is 1.99. The number of rotatable bonds is 3. The summed E-state index contributed by atoms with van der Waals surface area (Å²) in [6.07, 6.45) is 3.63. The van der Waals surface area contributed by atoms with Gasteiger partial charge in [0.2, 0.25) is 0 Å². The molecule has 4 nitrogen and oxygen atoms in total. The number of pyridine rings is 1. The van der Waals surface area contributed by atoms with E-state index in [-0.39, 0.29) is 0 Å². The predicted octanol–water partition coefficient (Wildman–Crippen LogP) is 2.88. The van der Waals surface area contributed by atoms with E-state index in [4.69, 9.17) is 0 Å². The van der Waals surface area contributed by atoms with Crippen molar-refractivity contribution in [3.63, 3.8) is 0 Å². The maximum absolute atomic E-state index is 4.24. The summed E-state index contributed by atoms with van der Waals surface area (Å²) in [6.45, 7) is 2.87. The molecular formula is C14H14N4. The molecule has 2 N–H and O–H groups in total. The SMILES string of the molecule is Cc1cc2cn[nH]c2cc1CNc1ccccn1. The molecule has 0 radical (unpaired) electrons. The zero-order chi connectivity index (χ0) is 12.4. The van der Waals surface area contributed by atoms with Crippen molar-refractivity contribution in [1.29, 1.82) is 0 Å². The Morgan fingerprint density at radius 2 is 2.22 bits per heavy atom. The second-order valence-electron chi connectivity index (χ2n) is 4.30. The van der Waals surface area contributed by atoms with Crippen LogP contribution < -0.4 is 5.32 Å². The third-order valence-corrected chi connectivity index (χ3v) is 3.02. The van der Waals surface area contributed by atoms with Gasteiger partial charge in [-0.3, -0.25) is 5.10 Å². The number of benzene rings is 1. The lowest BCUT2D eigenvalue weighted by Gasteiger charge is -2.08. The maximum Gasteiger partial charge on any atom is 0.126 e. The molecule has 18 heavy (non-hydrogen) atoms. The molecule has 0 aliphatic rings. The van der Waals surface area contributed by atoms with Crippen LogP contribution in [0.3, 0.4) is 0 Å². The highest BCUT2D eigenvalue weighted by atomic mass is 15.1.